The first-order valence-corrected chi connectivity index (χ1v) is 10.1. The molecule has 0 bridgehead atoms. The zero-order valence-electron chi connectivity index (χ0n) is 17.9. The summed E-state index contributed by atoms with van der Waals surface area (Å²) >= 11 is 0. The van der Waals surface area contributed by atoms with E-state index in [-0.39, 0.29) is 35.3 Å². The Labute approximate surface area is 190 Å². The molecule has 0 atom stereocenters. The van der Waals surface area contributed by atoms with Crippen LogP contribution >= 0.6 is 24.0 Å². The molecular weight excluding hydrogens is 479 g/mol. The number of guanidine groups is 1. The number of imidazole rings is 1. The molecule has 1 saturated carbocycles. The third-order valence-electron chi connectivity index (χ3n) is 5.62. The number of benzene rings is 1. The average Bonchev–Trinajstić information content (AvgIpc) is 3.29. The van der Waals surface area contributed by atoms with Crippen LogP contribution in [0.2, 0.25) is 0 Å². The zero-order chi connectivity index (χ0) is 20.1. The van der Waals surface area contributed by atoms with Gasteiger partial charge in [0.05, 0.1) is 16.4 Å². The lowest BCUT2D eigenvalue weighted by Gasteiger charge is -2.31. The van der Waals surface area contributed by atoms with Crippen molar-refractivity contribution in [2.45, 2.75) is 39.2 Å². The van der Waals surface area contributed by atoms with Gasteiger partial charge in [-0.15, -0.1) is 24.0 Å². The molecule has 160 valence electrons. The smallest absolute Gasteiger partial charge is 0.230 e. The van der Waals surface area contributed by atoms with Crippen LogP contribution < -0.4 is 10.6 Å². The molecule has 2 aromatic rings. The van der Waals surface area contributed by atoms with Crippen LogP contribution in [-0.4, -0.2) is 53.5 Å². The lowest BCUT2D eigenvalue weighted by atomic mass is 9.84. The topological polar surface area (TPSA) is 74.5 Å². The van der Waals surface area contributed by atoms with Gasteiger partial charge in [-0.2, -0.15) is 0 Å². The summed E-state index contributed by atoms with van der Waals surface area (Å²) in [4.78, 5) is 23.9. The maximum Gasteiger partial charge on any atom is 0.230 e. The normalized spacial score (nSPS) is 15.8. The number of hydrogen-bond acceptors (Lipinski definition) is 3. The van der Waals surface area contributed by atoms with E-state index in [0.717, 1.165) is 55.0 Å². The van der Waals surface area contributed by atoms with Gasteiger partial charge >= 0.3 is 0 Å². The highest BCUT2D eigenvalue weighted by Crippen LogP contribution is 2.38. The fraction of sp³-hybridized carbons (Fsp3) is 0.571. The number of halogens is 1. The van der Waals surface area contributed by atoms with Crippen LogP contribution in [0, 0.1) is 5.41 Å². The van der Waals surface area contributed by atoms with E-state index in [1.807, 2.05) is 46.3 Å². The van der Waals surface area contributed by atoms with Gasteiger partial charge in [-0.25, -0.2) is 9.98 Å². The van der Waals surface area contributed by atoms with Crippen molar-refractivity contribution in [2.75, 3.05) is 27.2 Å². The molecule has 0 spiro atoms. The standard InChI is InChI=1S/C21H32N6O.HI/c1-5-22-20(24-15-21(12-8-9-13-21)19(28)26(2)3)23-14-18-25-16-10-6-7-11-17(16)27(18)4;/h6-7,10-11H,5,8-9,12-15H2,1-4H3,(H2,22,23,24);1H. The minimum Gasteiger partial charge on any atom is -0.357 e. The van der Waals surface area contributed by atoms with E-state index in [2.05, 4.69) is 26.3 Å². The number of amides is 1. The maximum atomic E-state index is 12.8. The summed E-state index contributed by atoms with van der Waals surface area (Å²) in [6, 6.07) is 8.10. The number of aromatic nitrogens is 2. The van der Waals surface area contributed by atoms with Gasteiger partial charge in [-0.1, -0.05) is 25.0 Å². The van der Waals surface area contributed by atoms with Crippen molar-refractivity contribution in [3.05, 3.63) is 30.1 Å². The molecule has 2 N–H and O–H groups in total. The summed E-state index contributed by atoms with van der Waals surface area (Å²) in [6.07, 6.45) is 4.08. The van der Waals surface area contributed by atoms with Crippen molar-refractivity contribution in [2.24, 2.45) is 17.5 Å². The Bertz CT molecular complexity index is 854. The molecule has 1 heterocycles. The fourth-order valence-corrected chi connectivity index (χ4v) is 4.07. The van der Waals surface area contributed by atoms with Crippen molar-refractivity contribution in [3.63, 3.8) is 0 Å². The number of aliphatic imine (C=N–C) groups is 1. The molecular formula is C21H33IN6O. The number of nitrogens with zero attached hydrogens (tertiary/aromatic N) is 4. The van der Waals surface area contributed by atoms with Gasteiger partial charge in [0.25, 0.3) is 0 Å². The Morgan fingerprint density at radius 3 is 2.55 bits per heavy atom. The number of fused-ring (bicyclic) bond motifs is 1. The van der Waals surface area contributed by atoms with E-state index in [1.165, 1.54) is 0 Å². The average molecular weight is 512 g/mol. The number of hydrogen-bond donors (Lipinski definition) is 2. The molecule has 1 aromatic heterocycles. The number of aryl methyl sites for hydroxylation is 1. The van der Waals surface area contributed by atoms with Gasteiger partial charge in [0, 0.05) is 34.2 Å². The molecule has 0 unspecified atom stereocenters. The van der Waals surface area contributed by atoms with Gasteiger partial charge in [-0.3, -0.25) is 4.79 Å². The van der Waals surface area contributed by atoms with Gasteiger partial charge in [0.1, 0.15) is 12.4 Å². The molecule has 1 aromatic carbocycles. The zero-order valence-corrected chi connectivity index (χ0v) is 20.2. The minimum atomic E-state index is -0.322. The molecule has 8 heteroatoms. The monoisotopic (exact) mass is 512 g/mol. The van der Waals surface area contributed by atoms with Gasteiger partial charge in [0.2, 0.25) is 5.91 Å². The highest BCUT2D eigenvalue weighted by molar-refractivity contribution is 14.0. The fourth-order valence-electron chi connectivity index (χ4n) is 4.07. The Balaban J connectivity index is 0.00000300. The van der Waals surface area contributed by atoms with Crippen LogP contribution in [0.15, 0.2) is 29.3 Å². The van der Waals surface area contributed by atoms with Crippen LogP contribution in [0.3, 0.4) is 0 Å². The molecule has 1 aliphatic rings. The molecule has 1 amide bonds. The second-order valence-electron chi connectivity index (χ2n) is 7.81. The molecule has 3 rings (SSSR count). The Hall–Kier alpha value is -1.84. The predicted molar refractivity (Wildman–Crippen MR) is 129 cm³/mol. The van der Waals surface area contributed by atoms with Crippen LogP contribution in [0.5, 0.6) is 0 Å². The quantitative estimate of drug-likeness (QED) is 0.355. The van der Waals surface area contributed by atoms with Gasteiger partial charge in [0.15, 0.2) is 5.96 Å². The number of carbonyl (C=O) groups is 1. The largest absolute Gasteiger partial charge is 0.357 e. The van der Waals surface area contributed by atoms with E-state index in [4.69, 9.17) is 4.99 Å². The highest BCUT2D eigenvalue weighted by Gasteiger charge is 2.42. The van der Waals surface area contributed by atoms with Crippen LogP contribution in [0.1, 0.15) is 38.4 Å². The van der Waals surface area contributed by atoms with E-state index in [1.54, 1.807) is 4.90 Å². The molecule has 0 aliphatic heterocycles. The van der Waals surface area contributed by atoms with Crippen LogP contribution in [-0.2, 0) is 18.4 Å². The first-order chi connectivity index (χ1) is 13.5. The minimum absolute atomic E-state index is 0. The first-order valence-electron chi connectivity index (χ1n) is 10.1. The van der Waals surface area contributed by atoms with Crippen LogP contribution in [0.4, 0.5) is 0 Å². The van der Waals surface area contributed by atoms with Crippen molar-refractivity contribution in [3.8, 4) is 0 Å². The second kappa shape index (κ2) is 10.3. The molecule has 0 radical (unpaired) electrons. The SMILES string of the molecule is CCNC(=NCc1nc2ccccc2n1C)NCC1(C(=O)N(C)C)CCCC1.I. The number of para-hydroxylation sites is 2. The highest BCUT2D eigenvalue weighted by atomic mass is 127. The summed E-state index contributed by atoms with van der Waals surface area (Å²) in [5.41, 5.74) is 1.76. The Kier molecular flexibility index (Phi) is 8.30. The third-order valence-corrected chi connectivity index (χ3v) is 5.62. The Morgan fingerprint density at radius 2 is 1.93 bits per heavy atom. The van der Waals surface area contributed by atoms with Gasteiger partial charge in [-0.05, 0) is 31.9 Å². The predicted octanol–water partition coefficient (Wildman–Crippen LogP) is 2.90. The second-order valence-corrected chi connectivity index (χ2v) is 7.81. The lowest BCUT2D eigenvalue weighted by molar-refractivity contribution is -0.138. The summed E-state index contributed by atoms with van der Waals surface area (Å²) in [5.74, 6) is 1.86. The van der Waals surface area contributed by atoms with Gasteiger partial charge < -0.3 is 20.1 Å². The molecule has 1 fully saturated rings. The van der Waals surface area contributed by atoms with Crippen LogP contribution in [0.25, 0.3) is 11.0 Å². The molecule has 0 saturated heterocycles. The van der Waals surface area contributed by atoms with Crippen molar-refractivity contribution >= 4 is 46.9 Å². The Morgan fingerprint density at radius 1 is 1.24 bits per heavy atom. The summed E-state index contributed by atoms with van der Waals surface area (Å²) in [5, 5.41) is 6.71. The molecule has 29 heavy (non-hydrogen) atoms. The van der Waals surface area contributed by atoms with E-state index >= 15 is 0 Å². The third kappa shape index (κ3) is 5.21. The number of rotatable bonds is 6. The molecule has 7 nitrogen and oxygen atoms in total. The maximum absolute atomic E-state index is 12.8. The molecule has 1 aliphatic carbocycles. The summed E-state index contributed by atoms with van der Waals surface area (Å²) < 4.78 is 2.08. The number of carbonyl (C=O) groups excluding carboxylic acids is 1. The number of nitrogens with one attached hydrogen (secondary N) is 2. The summed E-state index contributed by atoms with van der Waals surface area (Å²) in [7, 11) is 5.70. The van der Waals surface area contributed by atoms with E-state index in [0.29, 0.717) is 13.1 Å². The van der Waals surface area contributed by atoms with E-state index < -0.39 is 0 Å². The lowest BCUT2D eigenvalue weighted by Crippen LogP contribution is -2.49. The summed E-state index contributed by atoms with van der Waals surface area (Å²) in [6.45, 7) is 3.90. The van der Waals surface area contributed by atoms with E-state index in [9.17, 15) is 4.79 Å². The van der Waals surface area contributed by atoms with Crippen molar-refractivity contribution in [1.82, 2.24) is 25.1 Å². The van der Waals surface area contributed by atoms with Crippen molar-refractivity contribution < 1.29 is 4.79 Å². The first kappa shape index (κ1) is 23.4. The van der Waals surface area contributed by atoms with Crippen molar-refractivity contribution in [1.29, 1.82) is 0 Å².